The highest BCUT2D eigenvalue weighted by molar-refractivity contribution is 5.93. The molecule has 1 spiro atoms. The molecule has 2 saturated heterocycles. The van der Waals surface area contributed by atoms with E-state index >= 15 is 0 Å². The maximum Gasteiger partial charge on any atom is 0.247 e. The van der Waals surface area contributed by atoms with E-state index < -0.39 is 11.6 Å². The molecular weight excluding hydrogens is 417 g/mol. The number of aliphatic hydroxyl groups excluding tert-OH is 1. The van der Waals surface area contributed by atoms with Gasteiger partial charge >= 0.3 is 0 Å². The van der Waals surface area contributed by atoms with Gasteiger partial charge in [-0.25, -0.2) is 4.39 Å². The van der Waals surface area contributed by atoms with Crippen molar-refractivity contribution in [1.82, 2.24) is 10.2 Å². The molecule has 166 valence electrons. The number of benzene rings is 2. The molecule has 1 aliphatic carbocycles. The van der Waals surface area contributed by atoms with Gasteiger partial charge in [0, 0.05) is 31.2 Å². The maximum absolute atomic E-state index is 13.5. The van der Waals surface area contributed by atoms with Gasteiger partial charge in [-0.1, -0.05) is 24.3 Å². The molecule has 2 heterocycles. The number of aryl methyl sites for hydroxylation is 1. The van der Waals surface area contributed by atoms with Crippen LogP contribution >= 0.6 is 12.4 Å². The summed E-state index contributed by atoms with van der Waals surface area (Å²) in [5.41, 5.74) is 2.40. The number of nitrogens with one attached hydrogen (secondary N) is 1. The van der Waals surface area contributed by atoms with Crippen LogP contribution in [0, 0.1) is 11.7 Å². The summed E-state index contributed by atoms with van der Waals surface area (Å²) in [6.07, 6.45) is 2.66. The molecule has 0 radical (unpaired) electrons. The Morgan fingerprint density at radius 2 is 1.87 bits per heavy atom. The van der Waals surface area contributed by atoms with E-state index in [0.717, 1.165) is 62.1 Å². The average Bonchev–Trinajstić information content (AvgIpc) is 3.08. The number of amides is 1. The van der Waals surface area contributed by atoms with Gasteiger partial charge in [-0.2, -0.15) is 0 Å². The number of fused-ring (bicyclic) bond motifs is 1. The first-order valence-electron chi connectivity index (χ1n) is 10.9. The number of para-hydroxylation sites is 1. The first-order valence-corrected chi connectivity index (χ1v) is 10.9. The molecule has 3 aliphatic rings. The zero-order chi connectivity index (χ0) is 20.7. The fraction of sp³-hybridized carbons (Fsp3) is 0.458. The predicted octanol–water partition coefficient (Wildman–Crippen LogP) is 3.27. The van der Waals surface area contributed by atoms with E-state index in [2.05, 4.69) is 27.2 Å². The molecule has 5 rings (SSSR count). The monoisotopic (exact) mass is 445 g/mol. The van der Waals surface area contributed by atoms with Crippen molar-refractivity contribution >= 4 is 24.0 Å². The number of hydrogen-bond acceptors (Lipinski definition) is 4. The fourth-order valence-electron chi connectivity index (χ4n) is 5.49. The summed E-state index contributed by atoms with van der Waals surface area (Å²) in [5.74, 6) is 0.0258. The van der Waals surface area contributed by atoms with Crippen molar-refractivity contribution in [2.24, 2.45) is 5.92 Å². The summed E-state index contributed by atoms with van der Waals surface area (Å²) in [6.45, 7) is 3.02. The SMILES string of the molecule is Cl.O=C1NCN(c2ccccc2)C12CCN(C[C@@H]1CCc3cc(F)ccc3[C@H]1O)CC2. The molecule has 31 heavy (non-hydrogen) atoms. The Balaban J connectivity index is 0.00000231. The Hall–Kier alpha value is -2.15. The van der Waals surface area contributed by atoms with Crippen LogP contribution in [0.15, 0.2) is 48.5 Å². The van der Waals surface area contributed by atoms with Crippen molar-refractivity contribution in [3.8, 4) is 0 Å². The number of carbonyl (C=O) groups is 1. The van der Waals surface area contributed by atoms with Crippen LogP contribution in [0.4, 0.5) is 10.1 Å². The Labute approximate surface area is 188 Å². The molecule has 0 bridgehead atoms. The van der Waals surface area contributed by atoms with Gasteiger partial charge in [0.2, 0.25) is 5.91 Å². The lowest BCUT2D eigenvalue weighted by atomic mass is 9.80. The quantitative estimate of drug-likeness (QED) is 0.761. The van der Waals surface area contributed by atoms with Crippen LogP contribution in [0.5, 0.6) is 0 Å². The van der Waals surface area contributed by atoms with Gasteiger partial charge < -0.3 is 20.2 Å². The minimum Gasteiger partial charge on any atom is -0.388 e. The number of carbonyl (C=O) groups excluding carboxylic acids is 1. The minimum atomic E-state index is -0.555. The Bertz CT molecular complexity index is 934. The first-order chi connectivity index (χ1) is 14.6. The summed E-state index contributed by atoms with van der Waals surface area (Å²) in [7, 11) is 0. The second-order valence-corrected chi connectivity index (χ2v) is 8.85. The fourth-order valence-corrected chi connectivity index (χ4v) is 5.49. The van der Waals surface area contributed by atoms with Gasteiger partial charge in [-0.15, -0.1) is 12.4 Å². The van der Waals surface area contributed by atoms with Crippen molar-refractivity contribution in [3.63, 3.8) is 0 Å². The van der Waals surface area contributed by atoms with E-state index in [0.29, 0.717) is 6.67 Å². The number of likely N-dealkylation sites (tertiary alicyclic amines) is 1. The third-order valence-corrected chi connectivity index (χ3v) is 7.24. The number of aliphatic hydroxyl groups is 1. The van der Waals surface area contributed by atoms with Crippen LogP contribution in [0.3, 0.4) is 0 Å². The summed E-state index contributed by atoms with van der Waals surface area (Å²) < 4.78 is 13.5. The van der Waals surface area contributed by atoms with Crippen LogP contribution in [-0.4, -0.2) is 47.8 Å². The zero-order valence-electron chi connectivity index (χ0n) is 17.5. The van der Waals surface area contributed by atoms with Gasteiger partial charge in [0.1, 0.15) is 11.4 Å². The molecular formula is C24H29ClFN3O2. The lowest BCUT2D eigenvalue weighted by molar-refractivity contribution is -0.125. The standard InChI is InChI=1S/C24H28FN3O2.ClH/c25-19-8-9-21-17(14-19)6-7-18(22(21)29)15-27-12-10-24(11-13-27)23(30)26-16-28(24)20-4-2-1-3-5-20;/h1-5,8-9,14,18,22,29H,6-7,10-13,15-16H2,(H,26,30);1H/t18-,22-;/m0./s1. The molecule has 2 N–H and O–H groups in total. The van der Waals surface area contributed by atoms with Gasteiger partial charge in [-0.3, -0.25) is 4.79 Å². The lowest BCUT2D eigenvalue weighted by Gasteiger charge is -2.44. The van der Waals surface area contributed by atoms with E-state index in [1.165, 1.54) is 6.07 Å². The van der Waals surface area contributed by atoms with Crippen molar-refractivity contribution in [2.45, 2.75) is 37.3 Å². The normalized spacial score (nSPS) is 25.1. The zero-order valence-corrected chi connectivity index (χ0v) is 18.3. The molecule has 5 nitrogen and oxygen atoms in total. The summed E-state index contributed by atoms with van der Waals surface area (Å²) in [5, 5.41) is 13.9. The Morgan fingerprint density at radius 3 is 2.61 bits per heavy atom. The molecule has 0 saturated carbocycles. The number of nitrogens with zero attached hydrogens (tertiary/aromatic N) is 2. The smallest absolute Gasteiger partial charge is 0.247 e. The Morgan fingerprint density at radius 1 is 1.13 bits per heavy atom. The van der Waals surface area contributed by atoms with Crippen LogP contribution in [0.1, 0.15) is 36.5 Å². The van der Waals surface area contributed by atoms with Crippen LogP contribution in [-0.2, 0) is 11.2 Å². The largest absolute Gasteiger partial charge is 0.388 e. The van der Waals surface area contributed by atoms with Gasteiger partial charge in [-0.05, 0) is 61.1 Å². The molecule has 1 amide bonds. The van der Waals surface area contributed by atoms with Crippen molar-refractivity contribution < 1.29 is 14.3 Å². The molecule has 2 aromatic carbocycles. The van der Waals surface area contributed by atoms with Crippen molar-refractivity contribution in [1.29, 1.82) is 0 Å². The summed E-state index contributed by atoms with van der Waals surface area (Å²) in [6, 6.07) is 14.9. The molecule has 0 unspecified atom stereocenters. The minimum absolute atomic E-state index is 0. The van der Waals surface area contributed by atoms with E-state index in [9.17, 15) is 14.3 Å². The third-order valence-electron chi connectivity index (χ3n) is 7.24. The van der Waals surface area contributed by atoms with E-state index in [1.807, 2.05) is 18.2 Å². The highest BCUT2D eigenvalue weighted by Gasteiger charge is 2.50. The number of halogens is 2. The molecule has 2 fully saturated rings. The average molecular weight is 446 g/mol. The number of rotatable bonds is 3. The first kappa shape index (κ1) is 22.1. The summed E-state index contributed by atoms with van der Waals surface area (Å²) >= 11 is 0. The highest BCUT2D eigenvalue weighted by atomic mass is 35.5. The van der Waals surface area contributed by atoms with Crippen LogP contribution in [0.25, 0.3) is 0 Å². The Kier molecular flexibility index (Phi) is 6.24. The molecule has 2 aliphatic heterocycles. The van der Waals surface area contributed by atoms with Crippen LogP contribution in [0.2, 0.25) is 0 Å². The number of hydrogen-bond donors (Lipinski definition) is 2. The van der Waals surface area contributed by atoms with Crippen LogP contribution < -0.4 is 10.2 Å². The van der Waals surface area contributed by atoms with Gasteiger partial charge in [0.05, 0.1) is 12.8 Å². The molecule has 0 aromatic heterocycles. The topological polar surface area (TPSA) is 55.8 Å². The lowest BCUT2D eigenvalue weighted by Crippen LogP contribution is -2.57. The second-order valence-electron chi connectivity index (χ2n) is 8.85. The third kappa shape index (κ3) is 3.93. The van der Waals surface area contributed by atoms with E-state index in [-0.39, 0.29) is 30.0 Å². The maximum atomic E-state index is 13.5. The molecule has 7 heteroatoms. The van der Waals surface area contributed by atoms with Crippen molar-refractivity contribution in [3.05, 3.63) is 65.5 Å². The number of anilines is 1. The van der Waals surface area contributed by atoms with Gasteiger partial charge in [0.15, 0.2) is 0 Å². The number of piperidine rings is 1. The van der Waals surface area contributed by atoms with Gasteiger partial charge in [0.25, 0.3) is 0 Å². The highest BCUT2D eigenvalue weighted by Crippen LogP contribution is 2.39. The van der Waals surface area contributed by atoms with E-state index in [1.54, 1.807) is 12.1 Å². The van der Waals surface area contributed by atoms with Crippen molar-refractivity contribution in [2.75, 3.05) is 31.2 Å². The summed E-state index contributed by atoms with van der Waals surface area (Å²) in [4.78, 5) is 17.4. The predicted molar refractivity (Wildman–Crippen MR) is 121 cm³/mol. The second kappa shape index (κ2) is 8.77. The van der Waals surface area contributed by atoms with E-state index in [4.69, 9.17) is 0 Å². The molecule has 2 aromatic rings. The molecule has 2 atom stereocenters.